The van der Waals surface area contributed by atoms with E-state index in [1.807, 2.05) is 18.2 Å². The molecule has 1 aromatic carbocycles. The molecule has 4 heteroatoms. The quantitative estimate of drug-likeness (QED) is 0.840. The number of benzene rings is 1. The van der Waals surface area contributed by atoms with Gasteiger partial charge in [0.25, 0.3) is 5.91 Å². The maximum Gasteiger partial charge on any atom is 0.257 e. The van der Waals surface area contributed by atoms with Gasteiger partial charge in [-0.15, -0.1) is 0 Å². The van der Waals surface area contributed by atoms with Gasteiger partial charge in [0.2, 0.25) is 0 Å². The summed E-state index contributed by atoms with van der Waals surface area (Å²) >= 11 is 0. The number of carbonyl (C=O) groups is 1. The standard InChI is InChI=1S/C16H15FN2O/c1-19(16(20)13-8-9-18-10-14(13)17)15-7-6-11-4-2-3-5-12(11)15/h2-5,8-10,15H,6-7H2,1H3. The Hall–Kier alpha value is -2.23. The second kappa shape index (κ2) is 5.04. The second-order valence-corrected chi connectivity index (χ2v) is 5.02. The lowest BCUT2D eigenvalue weighted by Crippen LogP contribution is -2.30. The highest BCUT2D eigenvalue weighted by atomic mass is 19.1. The summed E-state index contributed by atoms with van der Waals surface area (Å²) in [4.78, 5) is 17.7. The topological polar surface area (TPSA) is 33.2 Å². The molecule has 0 radical (unpaired) electrons. The zero-order valence-electron chi connectivity index (χ0n) is 11.2. The van der Waals surface area contributed by atoms with E-state index in [1.54, 1.807) is 11.9 Å². The van der Waals surface area contributed by atoms with E-state index in [-0.39, 0.29) is 17.5 Å². The number of fused-ring (bicyclic) bond motifs is 1. The van der Waals surface area contributed by atoms with E-state index in [1.165, 1.54) is 17.8 Å². The predicted octanol–water partition coefficient (Wildman–Crippen LogP) is 2.98. The van der Waals surface area contributed by atoms with Crippen LogP contribution in [0.3, 0.4) is 0 Å². The van der Waals surface area contributed by atoms with Crippen LogP contribution >= 0.6 is 0 Å². The highest BCUT2D eigenvalue weighted by molar-refractivity contribution is 5.94. The highest BCUT2D eigenvalue weighted by Gasteiger charge is 2.29. The zero-order chi connectivity index (χ0) is 14.1. The number of carbonyl (C=O) groups excluding carboxylic acids is 1. The molecule has 1 aromatic heterocycles. The van der Waals surface area contributed by atoms with Crippen LogP contribution in [-0.4, -0.2) is 22.8 Å². The number of aryl methyl sites for hydroxylation is 1. The number of aromatic nitrogens is 1. The van der Waals surface area contributed by atoms with Crippen molar-refractivity contribution in [2.75, 3.05) is 7.05 Å². The molecule has 2 aromatic rings. The molecule has 0 aliphatic heterocycles. The molecular weight excluding hydrogens is 255 g/mol. The first-order valence-corrected chi connectivity index (χ1v) is 6.63. The van der Waals surface area contributed by atoms with Crippen LogP contribution in [0.1, 0.15) is 33.9 Å². The number of rotatable bonds is 2. The molecule has 0 N–H and O–H groups in total. The fourth-order valence-corrected chi connectivity index (χ4v) is 2.82. The van der Waals surface area contributed by atoms with Gasteiger partial charge in [-0.2, -0.15) is 0 Å². The van der Waals surface area contributed by atoms with Crippen LogP contribution in [0.15, 0.2) is 42.7 Å². The average molecular weight is 270 g/mol. The molecular formula is C16H15FN2O. The summed E-state index contributed by atoms with van der Waals surface area (Å²) in [7, 11) is 1.73. The SMILES string of the molecule is CN(C(=O)c1ccncc1F)C1CCc2ccccc21. The summed E-state index contributed by atoms with van der Waals surface area (Å²) in [6.07, 6.45) is 4.35. The summed E-state index contributed by atoms with van der Waals surface area (Å²) in [5.74, 6) is -0.873. The molecule has 20 heavy (non-hydrogen) atoms. The Morgan fingerprint density at radius 1 is 1.35 bits per heavy atom. The largest absolute Gasteiger partial charge is 0.335 e. The fourth-order valence-electron chi connectivity index (χ4n) is 2.82. The van der Waals surface area contributed by atoms with E-state index in [0.717, 1.165) is 24.6 Å². The molecule has 1 heterocycles. The lowest BCUT2D eigenvalue weighted by atomic mass is 10.1. The number of hydrogen-bond donors (Lipinski definition) is 0. The second-order valence-electron chi connectivity index (χ2n) is 5.02. The molecule has 102 valence electrons. The van der Waals surface area contributed by atoms with Gasteiger partial charge in [0.1, 0.15) is 0 Å². The van der Waals surface area contributed by atoms with Crippen molar-refractivity contribution in [3.63, 3.8) is 0 Å². The molecule has 0 saturated carbocycles. The minimum Gasteiger partial charge on any atom is -0.335 e. The molecule has 0 saturated heterocycles. The first-order valence-electron chi connectivity index (χ1n) is 6.63. The van der Waals surface area contributed by atoms with Gasteiger partial charge in [-0.1, -0.05) is 24.3 Å². The third kappa shape index (κ3) is 2.07. The van der Waals surface area contributed by atoms with Gasteiger partial charge < -0.3 is 4.90 Å². The van der Waals surface area contributed by atoms with Crippen molar-refractivity contribution in [2.45, 2.75) is 18.9 Å². The van der Waals surface area contributed by atoms with Gasteiger partial charge in [0.15, 0.2) is 5.82 Å². The summed E-state index contributed by atoms with van der Waals surface area (Å²) in [6, 6.07) is 9.55. The molecule has 1 aliphatic rings. The third-order valence-corrected chi connectivity index (χ3v) is 3.89. The van der Waals surface area contributed by atoms with Crippen molar-refractivity contribution >= 4 is 5.91 Å². The summed E-state index contributed by atoms with van der Waals surface area (Å²) in [6.45, 7) is 0. The van der Waals surface area contributed by atoms with Gasteiger partial charge in [0.05, 0.1) is 17.8 Å². The van der Waals surface area contributed by atoms with E-state index in [0.29, 0.717) is 0 Å². The fraction of sp³-hybridized carbons (Fsp3) is 0.250. The summed E-state index contributed by atoms with van der Waals surface area (Å²) in [5.41, 5.74) is 2.51. The number of amides is 1. The van der Waals surface area contributed by atoms with Gasteiger partial charge in [-0.3, -0.25) is 9.78 Å². The lowest BCUT2D eigenvalue weighted by Gasteiger charge is -2.25. The molecule has 3 nitrogen and oxygen atoms in total. The van der Waals surface area contributed by atoms with E-state index < -0.39 is 5.82 Å². The average Bonchev–Trinajstić information content (AvgIpc) is 2.90. The Kier molecular flexibility index (Phi) is 3.22. The zero-order valence-corrected chi connectivity index (χ0v) is 11.2. The lowest BCUT2D eigenvalue weighted by molar-refractivity contribution is 0.0725. The van der Waals surface area contributed by atoms with Gasteiger partial charge in [-0.25, -0.2) is 4.39 Å². The van der Waals surface area contributed by atoms with Gasteiger partial charge >= 0.3 is 0 Å². The van der Waals surface area contributed by atoms with Crippen molar-refractivity contribution in [1.29, 1.82) is 0 Å². The Balaban J connectivity index is 1.89. The summed E-state index contributed by atoms with van der Waals surface area (Å²) < 4.78 is 13.7. The molecule has 0 spiro atoms. The number of halogens is 1. The monoisotopic (exact) mass is 270 g/mol. The van der Waals surface area contributed by atoms with Crippen molar-refractivity contribution in [3.8, 4) is 0 Å². The van der Waals surface area contributed by atoms with Crippen molar-refractivity contribution in [3.05, 3.63) is 65.2 Å². The molecule has 0 bridgehead atoms. The van der Waals surface area contributed by atoms with Crippen LogP contribution in [-0.2, 0) is 6.42 Å². The molecule has 0 fully saturated rings. The van der Waals surface area contributed by atoms with E-state index in [2.05, 4.69) is 11.1 Å². The van der Waals surface area contributed by atoms with E-state index in [9.17, 15) is 9.18 Å². The van der Waals surface area contributed by atoms with Crippen LogP contribution in [0.2, 0.25) is 0 Å². The van der Waals surface area contributed by atoms with Crippen molar-refractivity contribution < 1.29 is 9.18 Å². The normalized spacial score (nSPS) is 16.8. The maximum atomic E-state index is 13.7. The Labute approximate surface area is 117 Å². The highest BCUT2D eigenvalue weighted by Crippen LogP contribution is 2.35. The smallest absolute Gasteiger partial charge is 0.257 e. The minimum atomic E-state index is -0.573. The minimum absolute atomic E-state index is 0.0197. The van der Waals surface area contributed by atoms with E-state index in [4.69, 9.17) is 0 Å². The molecule has 1 atom stereocenters. The van der Waals surface area contributed by atoms with E-state index >= 15 is 0 Å². The Morgan fingerprint density at radius 3 is 2.95 bits per heavy atom. The number of pyridine rings is 1. The van der Waals surface area contributed by atoms with Gasteiger partial charge in [-0.05, 0) is 30.0 Å². The molecule has 1 amide bonds. The first kappa shape index (κ1) is 12.8. The van der Waals surface area contributed by atoms with Gasteiger partial charge in [0, 0.05) is 13.2 Å². The van der Waals surface area contributed by atoms with Crippen LogP contribution in [0, 0.1) is 5.82 Å². The predicted molar refractivity (Wildman–Crippen MR) is 73.8 cm³/mol. The Bertz CT molecular complexity index is 656. The molecule has 1 aliphatic carbocycles. The van der Waals surface area contributed by atoms with Crippen molar-refractivity contribution in [1.82, 2.24) is 9.88 Å². The molecule has 1 unspecified atom stereocenters. The van der Waals surface area contributed by atoms with Crippen LogP contribution in [0.5, 0.6) is 0 Å². The van der Waals surface area contributed by atoms with Crippen LogP contribution in [0.4, 0.5) is 4.39 Å². The van der Waals surface area contributed by atoms with Crippen LogP contribution < -0.4 is 0 Å². The third-order valence-electron chi connectivity index (χ3n) is 3.89. The Morgan fingerprint density at radius 2 is 2.15 bits per heavy atom. The van der Waals surface area contributed by atoms with Crippen molar-refractivity contribution in [2.24, 2.45) is 0 Å². The first-order chi connectivity index (χ1) is 9.68. The van der Waals surface area contributed by atoms with Crippen LogP contribution in [0.25, 0.3) is 0 Å². The maximum absolute atomic E-state index is 13.7. The number of hydrogen-bond acceptors (Lipinski definition) is 2. The number of nitrogens with zero attached hydrogens (tertiary/aromatic N) is 2. The molecule has 3 rings (SSSR count). The summed E-state index contributed by atoms with van der Waals surface area (Å²) in [5, 5.41) is 0.